The van der Waals surface area contributed by atoms with Gasteiger partial charge in [0, 0.05) is 36.9 Å². The number of carbonyl (C=O) groups is 2. The number of thioether (sulfide) groups is 1. The van der Waals surface area contributed by atoms with E-state index in [2.05, 4.69) is 16.0 Å². The van der Waals surface area contributed by atoms with E-state index in [-0.39, 0.29) is 17.6 Å². The Morgan fingerprint density at radius 1 is 0.947 bits per heavy atom. The zero-order chi connectivity index (χ0) is 27.1. The topological polar surface area (TPSA) is 95.1 Å². The van der Waals surface area contributed by atoms with Crippen molar-refractivity contribution in [3.63, 3.8) is 0 Å². The summed E-state index contributed by atoms with van der Waals surface area (Å²) >= 11 is 1.29. The molecule has 1 heterocycles. The number of amidine groups is 1. The molecule has 3 aromatic rings. The third-order valence-electron chi connectivity index (χ3n) is 5.93. The molecule has 1 atom stereocenters. The van der Waals surface area contributed by atoms with Crippen molar-refractivity contribution >= 4 is 45.8 Å². The summed E-state index contributed by atoms with van der Waals surface area (Å²) in [6.07, 6.45) is 0. The van der Waals surface area contributed by atoms with Gasteiger partial charge in [-0.3, -0.25) is 9.59 Å². The maximum atomic E-state index is 13.4. The number of para-hydroxylation sites is 1. The molecule has 196 valence electrons. The van der Waals surface area contributed by atoms with Gasteiger partial charge in [0.05, 0.1) is 18.4 Å². The predicted molar refractivity (Wildman–Crippen MR) is 156 cm³/mol. The molecule has 0 unspecified atom stereocenters. The Bertz CT molecular complexity index is 1340. The van der Waals surface area contributed by atoms with E-state index in [0.29, 0.717) is 27.8 Å². The molecule has 0 bridgehead atoms. The SMILES string of the molecule is COc1ccc(NC(=O)CSC2=N[C@H](c3ccc(N(C)C)cc3)C(C(=O)Nc3ccccc3)=C(C)N2)cc1. The number of benzene rings is 3. The van der Waals surface area contributed by atoms with Gasteiger partial charge in [-0.2, -0.15) is 0 Å². The first-order valence-electron chi connectivity index (χ1n) is 12.1. The molecular formula is C29H31N5O3S. The molecule has 1 aliphatic rings. The van der Waals surface area contributed by atoms with Gasteiger partial charge in [-0.25, -0.2) is 4.99 Å². The number of hydrogen-bond donors (Lipinski definition) is 3. The minimum absolute atomic E-state index is 0.156. The largest absolute Gasteiger partial charge is 0.497 e. The molecule has 0 saturated heterocycles. The molecule has 0 aliphatic carbocycles. The smallest absolute Gasteiger partial charge is 0.255 e. The molecule has 0 saturated carbocycles. The van der Waals surface area contributed by atoms with Gasteiger partial charge in [0.15, 0.2) is 5.17 Å². The van der Waals surface area contributed by atoms with Gasteiger partial charge in [-0.1, -0.05) is 42.1 Å². The maximum absolute atomic E-state index is 13.4. The lowest BCUT2D eigenvalue weighted by molar-refractivity contribution is -0.114. The van der Waals surface area contributed by atoms with Crippen LogP contribution in [0.4, 0.5) is 17.1 Å². The highest BCUT2D eigenvalue weighted by molar-refractivity contribution is 8.14. The molecular weight excluding hydrogens is 498 g/mol. The molecule has 0 spiro atoms. The number of anilines is 3. The Morgan fingerprint density at radius 2 is 1.61 bits per heavy atom. The standard InChI is InChI=1S/C29H31N5O3S/c1-19-26(28(36)32-21-8-6-5-7-9-21)27(20-10-14-23(15-11-20)34(2)3)33-29(30-19)38-18-25(35)31-22-12-16-24(37-4)17-13-22/h5-17,27H,18H2,1-4H3,(H,30,33)(H,31,35)(H,32,36)/t27-/m1/s1. The van der Waals surface area contributed by atoms with Crippen LogP contribution in [0.5, 0.6) is 5.75 Å². The highest BCUT2D eigenvalue weighted by Gasteiger charge is 2.30. The van der Waals surface area contributed by atoms with Gasteiger partial charge >= 0.3 is 0 Å². The van der Waals surface area contributed by atoms with Crippen molar-refractivity contribution in [3.05, 3.63) is 95.7 Å². The van der Waals surface area contributed by atoms with Crippen molar-refractivity contribution in [1.29, 1.82) is 0 Å². The lowest BCUT2D eigenvalue weighted by Crippen LogP contribution is -2.32. The molecule has 3 N–H and O–H groups in total. The summed E-state index contributed by atoms with van der Waals surface area (Å²) in [5.41, 5.74) is 4.54. The fourth-order valence-corrected chi connectivity index (χ4v) is 4.68. The van der Waals surface area contributed by atoms with Gasteiger partial charge in [0.1, 0.15) is 11.8 Å². The summed E-state index contributed by atoms with van der Waals surface area (Å²) < 4.78 is 5.16. The highest BCUT2D eigenvalue weighted by atomic mass is 32.2. The molecule has 1 aliphatic heterocycles. The molecule has 8 nitrogen and oxygen atoms in total. The van der Waals surface area contributed by atoms with Crippen LogP contribution in [-0.4, -0.2) is 43.9 Å². The van der Waals surface area contributed by atoms with Gasteiger partial charge in [0.25, 0.3) is 5.91 Å². The van der Waals surface area contributed by atoms with E-state index in [1.54, 1.807) is 31.4 Å². The van der Waals surface area contributed by atoms with Crippen LogP contribution in [0.3, 0.4) is 0 Å². The third kappa shape index (κ3) is 6.74. The summed E-state index contributed by atoms with van der Waals surface area (Å²) in [4.78, 5) is 32.9. The Morgan fingerprint density at radius 3 is 2.24 bits per heavy atom. The van der Waals surface area contributed by atoms with E-state index >= 15 is 0 Å². The zero-order valence-electron chi connectivity index (χ0n) is 21.8. The number of allylic oxidation sites excluding steroid dienone is 1. The molecule has 9 heteroatoms. The summed E-state index contributed by atoms with van der Waals surface area (Å²) in [5, 5.41) is 9.66. The predicted octanol–water partition coefficient (Wildman–Crippen LogP) is 5.05. The normalized spacial score (nSPS) is 14.7. The van der Waals surface area contributed by atoms with Crippen LogP contribution in [0.1, 0.15) is 18.5 Å². The van der Waals surface area contributed by atoms with E-state index < -0.39 is 6.04 Å². The first kappa shape index (κ1) is 26.8. The number of aliphatic imine (C=N–C) groups is 1. The number of carbonyl (C=O) groups excluding carboxylic acids is 2. The molecule has 0 fully saturated rings. The summed E-state index contributed by atoms with van der Waals surface area (Å²) in [5.74, 6) is 0.485. The Hall–Kier alpha value is -4.24. The molecule has 3 aromatic carbocycles. The third-order valence-corrected chi connectivity index (χ3v) is 6.82. The quantitative estimate of drug-likeness (QED) is 0.378. The lowest BCUT2D eigenvalue weighted by atomic mass is 9.95. The number of methoxy groups -OCH3 is 1. The van der Waals surface area contributed by atoms with E-state index in [0.717, 1.165) is 17.0 Å². The summed E-state index contributed by atoms with van der Waals surface area (Å²) in [6, 6.07) is 23.9. The average molecular weight is 530 g/mol. The Labute approximate surface area is 227 Å². The molecule has 2 amide bonds. The van der Waals surface area contributed by atoms with Crippen molar-refractivity contribution in [3.8, 4) is 5.75 Å². The second-order valence-electron chi connectivity index (χ2n) is 8.87. The van der Waals surface area contributed by atoms with Crippen LogP contribution in [-0.2, 0) is 9.59 Å². The molecule has 4 rings (SSSR count). The number of nitrogens with zero attached hydrogens (tertiary/aromatic N) is 2. The Kier molecular flexibility index (Phi) is 8.70. The van der Waals surface area contributed by atoms with Crippen LogP contribution in [0.25, 0.3) is 0 Å². The van der Waals surface area contributed by atoms with Crippen LogP contribution in [0.2, 0.25) is 0 Å². The van der Waals surface area contributed by atoms with Crippen molar-refractivity contribution in [2.75, 3.05) is 42.5 Å². The van der Waals surface area contributed by atoms with Crippen LogP contribution >= 0.6 is 11.8 Å². The first-order chi connectivity index (χ1) is 18.3. The first-order valence-corrected chi connectivity index (χ1v) is 13.1. The number of nitrogens with one attached hydrogen (secondary N) is 3. The minimum atomic E-state index is -0.525. The average Bonchev–Trinajstić information content (AvgIpc) is 2.92. The van der Waals surface area contributed by atoms with Gasteiger partial charge in [-0.15, -0.1) is 0 Å². The van der Waals surface area contributed by atoms with Gasteiger partial charge in [-0.05, 0) is 61.0 Å². The summed E-state index contributed by atoms with van der Waals surface area (Å²) in [7, 11) is 5.55. The molecule has 0 radical (unpaired) electrons. The van der Waals surface area contributed by atoms with Gasteiger partial charge in [0.2, 0.25) is 5.91 Å². The zero-order valence-corrected chi connectivity index (χ0v) is 22.6. The Balaban J connectivity index is 1.52. The molecule has 38 heavy (non-hydrogen) atoms. The van der Waals surface area contributed by atoms with E-state index in [4.69, 9.17) is 9.73 Å². The fourth-order valence-electron chi connectivity index (χ4n) is 3.94. The second kappa shape index (κ2) is 12.3. The summed E-state index contributed by atoms with van der Waals surface area (Å²) in [6.45, 7) is 1.85. The van der Waals surface area contributed by atoms with Crippen LogP contribution < -0.4 is 25.6 Å². The van der Waals surface area contributed by atoms with Crippen molar-refractivity contribution < 1.29 is 14.3 Å². The van der Waals surface area contributed by atoms with Crippen LogP contribution in [0, 0.1) is 0 Å². The van der Waals surface area contributed by atoms with Crippen molar-refractivity contribution in [1.82, 2.24) is 5.32 Å². The number of amides is 2. The number of ether oxygens (including phenoxy) is 1. The minimum Gasteiger partial charge on any atom is -0.497 e. The van der Waals surface area contributed by atoms with E-state index in [1.165, 1.54) is 11.8 Å². The van der Waals surface area contributed by atoms with E-state index in [9.17, 15) is 9.59 Å². The van der Waals surface area contributed by atoms with E-state index in [1.807, 2.05) is 80.5 Å². The number of hydrogen-bond acceptors (Lipinski definition) is 7. The van der Waals surface area contributed by atoms with Crippen molar-refractivity contribution in [2.45, 2.75) is 13.0 Å². The van der Waals surface area contributed by atoms with Gasteiger partial charge < -0.3 is 25.6 Å². The second-order valence-corrected chi connectivity index (χ2v) is 9.84. The van der Waals surface area contributed by atoms with Crippen LogP contribution in [0.15, 0.2) is 95.1 Å². The maximum Gasteiger partial charge on any atom is 0.255 e. The monoisotopic (exact) mass is 529 g/mol. The molecule has 0 aromatic heterocycles. The lowest BCUT2D eigenvalue weighted by Gasteiger charge is -2.26. The van der Waals surface area contributed by atoms with Crippen molar-refractivity contribution in [2.24, 2.45) is 4.99 Å². The fraction of sp³-hybridized carbons (Fsp3) is 0.207. The highest BCUT2D eigenvalue weighted by Crippen LogP contribution is 2.34. The number of rotatable bonds is 8.